The molecule has 1 unspecified atom stereocenters. The smallest absolute Gasteiger partial charge is 0.133 e. The summed E-state index contributed by atoms with van der Waals surface area (Å²) in [7, 11) is 0. The molecule has 2 aliphatic carbocycles. The van der Waals surface area contributed by atoms with E-state index in [1.165, 1.54) is 22.3 Å². The van der Waals surface area contributed by atoms with Crippen molar-refractivity contribution in [2.24, 2.45) is 0 Å². The topological polar surface area (TPSA) is 40.5 Å². The van der Waals surface area contributed by atoms with Crippen molar-refractivity contribution >= 4 is 0 Å². The lowest BCUT2D eigenvalue weighted by Gasteiger charge is -2.35. The third-order valence-electron chi connectivity index (χ3n) is 5.82. The van der Waals surface area contributed by atoms with E-state index in [0.717, 1.165) is 11.1 Å². The third kappa shape index (κ3) is 2.63. The van der Waals surface area contributed by atoms with Crippen LogP contribution in [0.1, 0.15) is 23.1 Å². The summed E-state index contributed by atoms with van der Waals surface area (Å²) in [5.74, 6) is 6.13. The zero-order valence-corrected chi connectivity index (χ0v) is 15.8. The highest BCUT2D eigenvalue weighted by Gasteiger charge is 2.46. The SMILES string of the molecule is Oc1ccc(C2(C3=C/CC#CC(O)/C=C\3)c3ccccc3-c3ccccc32)cc1. The van der Waals surface area contributed by atoms with Crippen LogP contribution in [0.15, 0.2) is 96.6 Å². The van der Waals surface area contributed by atoms with E-state index in [0.29, 0.717) is 6.42 Å². The van der Waals surface area contributed by atoms with Gasteiger partial charge in [0.2, 0.25) is 0 Å². The number of hydrogen-bond donors (Lipinski definition) is 2. The number of aliphatic hydroxyl groups excluding tert-OH is 1. The molecule has 0 radical (unpaired) electrons. The average molecular weight is 376 g/mol. The normalized spacial score (nSPS) is 21.4. The number of allylic oxidation sites excluding steroid dienone is 3. The zero-order chi connectivity index (χ0) is 19.8. The maximum absolute atomic E-state index is 10.1. The van der Waals surface area contributed by atoms with Gasteiger partial charge in [0.05, 0.1) is 5.41 Å². The first kappa shape index (κ1) is 17.6. The Morgan fingerprint density at radius 3 is 2.10 bits per heavy atom. The Labute approximate surface area is 170 Å². The van der Waals surface area contributed by atoms with Gasteiger partial charge < -0.3 is 10.2 Å². The Kier molecular flexibility index (Phi) is 4.12. The molecule has 2 nitrogen and oxygen atoms in total. The molecular formula is C27H20O2. The molecule has 0 heterocycles. The van der Waals surface area contributed by atoms with E-state index < -0.39 is 11.5 Å². The van der Waals surface area contributed by atoms with Crippen LogP contribution >= 0.6 is 0 Å². The van der Waals surface area contributed by atoms with Gasteiger partial charge in [0, 0.05) is 6.42 Å². The van der Waals surface area contributed by atoms with E-state index in [1.807, 2.05) is 18.2 Å². The standard InChI is InChI=1S/C27H20O2/c28-21-8-2-1-7-19(13-16-21)27(20-14-17-22(29)18-15-20)25-11-5-3-9-23(25)24-10-4-6-12-26(24)27/h3-7,9-18,21,28-29H,1H2/b16-13-,19-7+. The molecule has 0 aromatic heterocycles. The maximum atomic E-state index is 10.1. The number of fused-ring (bicyclic) bond motifs is 3. The lowest BCUT2D eigenvalue weighted by atomic mass is 9.66. The van der Waals surface area contributed by atoms with Crippen molar-refractivity contribution in [1.29, 1.82) is 0 Å². The molecule has 3 aromatic carbocycles. The minimum atomic E-state index is -0.776. The molecular weight excluding hydrogens is 356 g/mol. The summed E-state index contributed by atoms with van der Waals surface area (Å²) in [6.45, 7) is 0. The van der Waals surface area contributed by atoms with Crippen molar-refractivity contribution < 1.29 is 10.2 Å². The molecule has 1 atom stereocenters. The highest BCUT2D eigenvalue weighted by Crippen LogP contribution is 2.56. The molecule has 2 heteroatoms. The Morgan fingerprint density at radius 2 is 1.45 bits per heavy atom. The minimum Gasteiger partial charge on any atom is -0.508 e. The summed E-state index contributed by atoms with van der Waals surface area (Å²) < 4.78 is 0. The van der Waals surface area contributed by atoms with Crippen molar-refractivity contribution in [3.05, 3.63) is 113 Å². The molecule has 140 valence electrons. The fourth-order valence-electron chi connectivity index (χ4n) is 4.65. The van der Waals surface area contributed by atoms with E-state index in [4.69, 9.17) is 0 Å². The Balaban J connectivity index is 1.90. The van der Waals surface area contributed by atoms with E-state index in [2.05, 4.69) is 66.4 Å². The largest absolute Gasteiger partial charge is 0.508 e. The molecule has 0 spiro atoms. The number of phenols is 1. The molecule has 0 saturated carbocycles. The van der Waals surface area contributed by atoms with Gasteiger partial charge in [0.1, 0.15) is 11.9 Å². The number of phenolic OH excluding ortho intramolecular Hbond substituents is 1. The second kappa shape index (κ2) is 6.81. The fraction of sp³-hybridized carbons (Fsp3) is 0.111. The van der Waals surface area contributed by atoms with E-state index in [9.17, 15) is 10.2 Å². The Bertz CT molecular complexity index is 1160. The quantitative estimate of drug-likeness (QED) is 0.621. The van der Waals surface area contributed by atoms with Crippen molar-refractivity contribution in [2.45, 2.75) is 17.9 Å². The van der Waals surface area contributed by atoms with Crippen LogP contribution < -0.4 is 0 Å². The average Bonchev–Trinajstić information content (AvgIpc) is 3.03. The fourth-order valence-corrected chi connectivity index (χ4v) is 4.65. The minimum absolute atomic E-state index is 0.243. The molecule has 0 fully saturated rings. The summed E-state index contributed by atoms with van der Waals surface area (Å²) >= 11 is 0. The summed E-state index contributed by atoms with van der Waals surface area (Å²) in [6, 6.07) is 24.4. The van der Waals surface area contributed by atoms with Gasteiger partial charge in [-0.2, -0.15) is 0 Å². The lowest BCUT2D eigenvalue weighted by Crippen LogP contribution is -2.29. The number of aliphatic hydroxyl groups is 1. The van der Waals surface area contributed by atoms with Gasteiger partial charge in [-0.05, 0) is 51.6 Å². The number of benzene rings is 3. The summed E-state index contributed by atoms with van der Waals surface area (Å²) in [4.78, 5) is 0. The predicted octanol–water partition coefficient (Wildman–Crippen LogP) is 4.96. The van der Waals surface area contributed by atoms with Crippen molar-refractivity contribution in [2.75, 3.05) is 0 Å². The third-order valence-corrected chi connectivity index (χ3v) is 5.82. The first-order chi connectivity index (χ1) is 14.2. The summed E-state index contributed by atoms with van der Waals surface area (Å²) in [5.41, 5.74) is 6.44. The maximum Gasteiger partial charge on any atom is 0.133 e. The zero-order valence-electron chi connectivity index (χ0n) is 15.8. The molecule has 5 rings (SSSR count). The second-order valence-corrected chi connectivity index (χ2v) is 7.38. The lowest BCUT2D eigenvalue weighted by molar-refractivity contribution is 0.280. The van der Waals surface area contributed by atoms with Crippen molar-refractivity contribution in [3.63, 3.8) is 0 Å². The van der Waals surface area contributed by atoms with Crippen LogP contribution in [-0.4, -0.2) is 16.3 Å². The van der Waals surface area contributed by atoms with Gasteiger partial charge in [-0.25, -0.2) is 0 Å². The van der Waals surface area contributed by atoms with Crippen LogP contribution in [0.4, 0.5) is 0 Å². The Hall–Kier alpha value is -3.54. The molecule has 0 saturated heterocycles. The van der Waals surface area contributed by atoms with Gasteiger partial charge in [-0.3, -0.25) is 0 Å². The molecule has 2 N–H and O–H groups in total. The molecule has 0 aliphatic heterocycles. The number of aromatic hydroxyl groups is 1. The molecule has 3 aromatic rings. The van der Waals surface area contributed by atoms with Gasteiger partial charge >= 0.3 is 0 Å². The van der Waals surface area contributed by atoms with E-state index >= 15 is 0 Å². The van der Waals surface area contributed by atoms with Crippen LogP contribution in [0.3, 0.4) is 0 Å². The van der Waals surface area contributed by atoms with Gasteiger partial charge in [0.15, 0.2) is 0 Å². The number of hydrogen-bond acceptors (Lipinski definition) is 2. The monoisotopic (exact) mass is 376 g/mol. The van der Waals surface area contributed by atoms with Crippen LogP contribution in [-0.2, 0) is 5.41 Å². The Morgan fingerprint density at radius 1 is 0.828 bits per heavy atom. The van der Waals surface area contributed by atoms with Crippen molar-refractivity contribution in [1.82, 2.24) is 0 Å². The van der Waals surface area contributed by atoms with E-state index in [1.54, 1.807) is 18.2 Å². The van der Waals surface area contributed by atoms with Gasteiger partial charge in [-0.1, -0.05) is 84.7 Å². The second-order valence-electron chi connectivity index (χ2n) is 7.38. The van der Waals surface area contributed by atoms with Crippen LogP contribution in [0.5, 0.6) is 5.75 Å². The molecule has 29 heavy (non-hydrogen) atoms. The van der Waals surface area contributed by atoms with Gasteiger partial charge in [-0.15, -0.1) is 0 Å². The highest BCUT2D eigenvalue weighted by atomic mass is 16.3. The van der Waals surface area contributed by atoms with Crippen molar-refractivity contribution in [3.8, 4) is 28.7 Å². The summed E-state index contributed by atoms with van der Waals surface area (Å²) in [5, 5.41) is 20.1. The molecule has 0 amide bonds. The van der Waals surface area contributed by atoms with Gasteiger partial charge in [0.25, 0.3) is 0 Å². The molecule has 0 bridgehead atoms. The highest BCUT2D eigenvalue weighted by molar-refractivity contribution is 5.86. The van der Waals surface area contributed by atoms with Crippen LogP contribution in [0, 0.1) is 11.8 Å². The number of rotatable bonds is 2. The first-order valence-corrected chi connectivity index (χ1v) is 9.75. The molecule has 2 aliphatic rings. The first-order valence-electron chi connectivity index (χ1n) is 9.75. The van der Waals surface area contributed by atoms with Crippen LogP contribution in [0.2, 0.25) is 0 Å². The van der Waals surface area contributed by atoms with E-state index in [-0.39, 0.29) is 5.75 Å². The van der Waals surface area contributed by atoms with Crippen LogP contribution in [0.25, 0.3) is 11.1 Å². The summed E-state index contributed by atoms with van der Waals surface area (Å²) in [6.07, 6.45) is 5.71. The predicted molar refractivity (Wildman–Crippen MR) is 115 cm³/mol.